The molecule has 126 valence electrons. The highest BCUT2D eigenvalue weighted by molar-refractivity contribution is 9.10. The molecule has 1 saturated heterocycles. The first-order chi connectivity index (χ1) is 10.9. The number of hydrogen-bond donors (Lipinski definition) is 2. The second-order valence-electron chi connectivity index (χ2n) is 5.52. The van der Waals surface area contributed by atoms with E-state index in [1.807, 2.05) is 14.1 Å². The highest BCUT2D eigenvalue weighted by Gasteiger charge is 2.23. The van der Waals surface area contributed by atoms with E-state index < -0.39 is 0 Å². The smallest absolute Gasteiger partial charge is 0.276 e. The van der Waals surface area contributed by atoms with Gasteiger partial charge in [-0.3, -0.25) is 9.69 Å². The first-order valence-corrected chi connectivity index (χ1v) is 8.06. The van der Waals surface area contributed by atoms with Crippen LogP contribution in [0, 0.1) is 0 Å². The lowest BCUT2D eigenvalue weighted by Gasteiger charge is -2.35. The number of pyridine rings is 1. The predicted molar refractivity (Wildman–Crippen MR) is 95.0 cm³/mol. The Hall–Kier alpha value is -1.64. The third-order valence-electron chi connectivity index (χ3n) is 3.69. The number of hydrogen-bond acceptors (Lipinski definition) is 5. The monoisotopic (exact) mass is 383 g/mol. The van der Waals surface area contributed by atoms with E-state index in [2.05, 4.69) is 31.1 Å². The molecule has 0 spiro atoms. The average molecular weight is 384 g/mol. The second-order valence-corrected chi connectivity index (χ2v) is 6.44. The van der Waals surface area contributed by atoms with Crippen molar-refractivity contribution in [2.24, 2.45) is 17.8 Å². The summed E-state index contributed by atoms with van der Waals surface area (Å²) in [6, 6.07) is 2.09. The first kappa shape index (κ1) is 17.7. The minimum atomic E-state index is -0.195. The molecule has 1 fully saturated rings. The number of nitrogens with two attached hydrogens (primary N) is 1. The Morgan fingerprint density at radius 1 is 1.65 bits per heavy atom. The van der Waals surface area contributed by atoms with E-state index in [-0.39, 0.29) is 11.4 Å². The maximum Gasteiger partial charge on any atom is 0.276 e. The summed E-state index contributed by atoms with van der Waals surface area (Å²) in [5.41, 5.74) is 7.00. The topological polar surface area (TPSA) is 84.9 Å². The molecule has 0 saturated carbocycles. The lowest BCUT2D eigenvalue weighted by molar-refractivity contribution is -0.0534. The van der Waals surface area contributed by atoms with E-state index >= 15 is 0 Å². The van der Waals surface area contributed by atoms with Gasteiger partial charge in [0, 0.05) is 43.1 Å². The molecule has 0 unspecified atom stereocenters. The quantitative estimate of drug-likeness (QED) is 0.554. The Morgan fingerprint density at radius 2 is 2.35 bits per heavy atom. The van der Waals surface area contributed by atoms with E-state index in [9.17, 15) is 4.79 Å². The molecule has 1 aromatic rings. The molecular formula is C15H22BrN5O2. The van der Waals surface area contributed by atoms with Crippen LogP contribution in [0.4, 0.5) is 5.69 Å². The van der Waals surface area contributed by atoms with Crippen molar-refractivity contribution < 1.29 is 4.74 Å². The van der Waals surface area contributed by atoms with Crippen LogP contribution >= 0.6 is 15.9 Å². The van der Waals surface area contributed by atoms with E-state index in [1.165, 1.54) is 4.57 Å². The predicted octanol–water partition coefficient (Wildman–Crippen LogP) is 0.570. The molecule has 0 radical (unpaired) electrons. The van der Waals surface area contributed by atoms with Gasteiger partial charge >= 0.3 is 0 Å². The minimum absolute atomic E-state index is 0.195. The van der Waals surface area contributed by atoms with Crippen molar-refractivity contribution in [3.63, 3.8) is 0 Å². The first-order valence-electron chi connectivity index (χ1n) is 7.27. The molecule has 2 rings (SSSR count). The number of aromatic nitrogens is 1. The number of amidine groups is 1. The third kappa shape index (κ3) is 4.66. The minimum Gasteiger partial charge on any atom is -0.390 e. The molecule has 8 heteroatoms. The number of rotatable bonds is 6. The summed E-state index contributed by atoms with van der Waals surface area (Å²) in [7, 11) is 5.55. The number of likely N-dealkylation sites (N-methyl/N-ethyl adjacent to an activating group) is 2. The molecule has 1 aliphatic rings. The number of aryl methyl sites for hydroxylation is 1. The van der Waals surface area contributed by atoms with Crippen molar-refractivity contribution in [2.75, 3.05) is 33.9 Å². The van der Waals surface area contributed by atoms with Gasteiger partial charge < -0.3 is 20.4 Å². The summed E-state index contributed by atoms with van der Waals surface area (Å²) in [4.78, 5) is 18.5. The normalized spacial score (nSPS) is 16.6. The summed E-state index contributed by atoms with van der Waals surface area (Å²) < 4.78 is 7.43. The SMILES string of the molecule is CN/C(=C\C(N)=Nc1cc(Br)cn(C)c1=O)CN(C)C1COC1. The van der Waals surface area contributed by atoms with Crippen LogP contribution in [0.15, 0.2) is 38.3 Å². The van der Waals surface area contributed by atoms with Crippen molar-refractivity contribution in [1.82, 2.24) is 14.8 Å². The maximum absolute atomic E-state index is 12.0. The number of nitrogens with zero attached hydrogens (tertiary/aromatic N) is 3. The molecule has 0 aliphatic carbocycles. The van der Waals surface area contributed by atoms with Crippen LogP contribution < -0.4 is 16.6 Å². The van der Waals surface area contributed by atoms with Crippen LogP contribution in [0.3, 0.4) is 0 Å². The highest BCUT2D eigenvalue weighted by Crippen LogP contribution is 2.14. The molecule has 7 nitrogen and oxygen atoms in total. The van der Waals surface area contributed by atoms with E-state index in [0.29, 0.717) is 18.3 Å². The van der Waals surface area contributed by atoms with Gasteiger partial charge in [-0.1, -0.05) is 0 Å². The molecule has 0 atom stereocenters. The average Bonchev–Trinajstić information content (AvgIpc) is 2.41. The van der Waals surface area contributed by atoms with Crippen molar-refractivity contribution in [2.45, 2.75) is 6.04 Å². The van der Waals surface area contributed by atoms with Gasteiger partial charge in [-0.15, -0.1) is 0 Å². The van der Waals surface area contributed by atoms with Crippen molar-refractivity contribution >= 4 is 27.5 Å². The van der Waals surface area contributed by atoms with Crippen LogP contribution in [0.5, 0.6) is 0 Å². The van der Waals surface area contributed by atoms with Gasteiger partial charge in [0.25, 0.3) is 5.56 Å². The zero-order valence-corrected chi connectivity index (χ0v) is 15.1. The largest absolute Gasteiger partial charge is 0.390 e. The lowest BCUT2D eigenvalue weighted by atomic mass is 10.2. The fourth-order valence-corrected chi connectivity index (χ4v) is 2.68. The summed E-state index contributed by atoms with van der Waals surface area (Å²) >= 11 is 3.35. The summed E-state index contributed by atoms with van der Waals surface area (Å²) in [5, 5.41) is 3.12. The Labute approximate surface area is 144 Å². The van der Waals surface area contributed by atoms with Gasteiger partial charge in [0.15, 0.2) is 0 Å². The molecule has 0 bridgehead atoms. The molecule has 0 aromatic carbocycles. The number of nitrogens with one attached hydrogen (secondary N) is 1. The zero-order valence-electron chi connectivity index (χ0n) is 13.5. The van der Waals surface area contributed by atoms with Crippen LogP contribution in [-0.2, 0) is 11.8 Å². The molecular weight excluding hydrogens is 362 g/mol. The molecule has 0 amide bonds. The molecule has 1 aromatic heterocycles. The zero-order chi connectivity index (χ0) is 17.0. The van der Waals surface area contributed by atoms with Gasteiger partial charge in [0.1, 0.15) is 11.5 Å². The Balaban J connectivity index is 2.17. The lowest BCUT2D eigenvalue weighted by Crippen LogP contribution is -2.48. The Kier molecular flexibility index (Phi) is 5.97. The van der Waals surface area contributed by atoms with E-state index in [1.54, 1.807) is 25.4 Å². The Bertz CT molecular complexity index is 679. The number of aliphatic imine (C=N–C) groups is 1. The van der Waals surface area contributed by atoms with Crippen molar-refractivity contribution in [3.8, 4) is 0 Å². The fourth-order valence-electron chi connectivity index (χ4n) is 2.16. The summed E-state index contributed by atoms with van der Waals surface area (Å²) in [6.07, 6.45) is 3.43. The fraction of sp³-hybridized carbons (Fsp3) is 0.467. The van der Waals surface area contributed by atoms with Gasteiger partial charge in [-0.25, -0.2) is 4.99 Å². The third-order valence-corrected chi connectivity index (χ3v) is 4.12. The van der Waals surface area contributed by atoms with Crippen molar-refractivity contribution in [3.05, 3.63) is 38.9 Å². The second kappa shape index (κ2) is 7.76. The van der Waals surface area contributed by atoms with Crippen LogP contribution in [0.2, 0.25) is 0 Å². The number of halogens is 1. The van der Waals surface area contributed by atoms with E-state index in [4.69, 9.17) is 10.5 Å². The van der Waals surface area contributed by atoms with Gasteiger partial charge in [-0.05, 0) is 29.0 Å². The molecule has 3 N–H and O–H groups in total. The molecule has 2 heterocycles. The standard InChI is InChI=1S/C15H22BrN5O2/c1-18-11(7-20(2)12-8-23-9-12)5-14(17)19-13-4-10(16)6-21(3)15(13)22/h4-6,12,18H,7-9H2,1-3H3,(H2,17,19)/b11-5-. The summed E-state index contributed by atoms with van der Waals surface area (Å²) in [6.45, 7) is 2.22. The maximum atomic E-state index is 12.0. The summed E-state index contributed by atoms with van der Waals surface area (Å²) in [5.74, 6) is 0.280. The molecule has 23 heavy (non-hydrogen) atoms. The van der Waals surface area contributed by atoms with Crippen LogP contribution in [0.25, 0.3) is 0 Å². The van der Waals surface area contributed by atoms with E-state index in [0.717, 1.165) is 23.4 Å². The van der Waals surface area contributed by atoms with Gasteiger partial charge in [0.2, 0.25) is 0 Å². The number of ether oxygens (including phenoxy) is 1. The molecule has 1 aliphatic heterocycles. The highest BCUT2D eigenvalue weighted by atomic mass is 79.9. The van der Waals surface area contributed by atoms with Crippen molar-refractivity contribution in [1.29, 1.82) is 0 Å². The van der Waals surface area contributed by atoms with Crippen LogP contribution in [-0.4, -0.2) is 55.2 Å². The van der Waals surface area contributed by atoms with Gasteiger partial charge in [0.05, 0.1) is 19.3 Å². The Morgan fingerprint density at radius 3 is 2.91 bits per heavy atom. The van der Waals surface area contributed by atoms with Gasteiger partial charge in [-0.2, -0.15) is 0 Å². The van der Waals surface area contributed by atoms with Crippen LogP contribution in [0.1, 0.15) is 0 Å².